The van der Waals surface area contributed by atoms with Crippen molar-refractivity contribution in [1.29, 1.82) is 0 Å². The molecule has 82 valence electrons. The number of thioether (sulfide) groups is 1. The monoisotopic (exact) mass is 224 g/mol. The van der Waals surface area contributed by atoms with Gasteiger partial charge in [0.15, 0.2) is 0 Å². The number of carbonyl (C=O) groups is 1. The summed E-state index contributed by atoms with van der Waals surface area (Å²) in [7, 11) is 1.41. The van der Waals surface area contributed by atoms with Crippen molar-refractivity contribution in [3.05, 3.63) is 29.8 Å². The molecular weight excluding hydrogens is 208 g/mol. The lowest BCUT2D eigenvalue weighted by atomic mass is 10.2. The van der Waals surface area contributed by atoms with E-state index in [4.69, 9.17) is 0 Å². The molecule has 0 N–H and O–H groups in total. The molecule has 0 aliphatic rings. The molecule has 1 rings (SSSR count). The summed E-state index contributed by atoms with van der Waals surface area (Å²) >= 11 is 1.84. The summed E-state index contributed by atoms with van der Waals surface area (Å²) < 4.78 is 4.61. The van der Waals surface area contributed by atoms with E-state index in [1.807, 2.05) is 23.9 Å². The van der Waals surface area contributed by atoms with Gasteiger partial charge in [-0.25, -0.2) is 0 Å². The molecule has 0 saturated heterocycles. The van der Waals surface area contributed by atoms with Crippen LogP contribution in [0.4, 0.5) is 0 Å². The molecule has 1 aromatic rings. The molecule has 0 radical (unpaired) electrons. The molecule has 0 saturated carbocycles. The zero-order valence-corrected chi connectivity index (χ0v) is 9.97. The molecule has 0 aliphatic heterocycles. The fourth-order valence-electron chi connectivity index (χ4n) is 1.16. The maximum absolute atomic E-state index is 11.0. The van der Waals surface area contributed by atoms with Gasteiger partial charge in [0, 0.05) is 4.90 Å². The van der Waals surface area contributed by atoms with E-state index in [1.54, 1.807) is 0 Å². The van der Waals surface area contributed by atoms with Gasteiger partial charge in [0.1, 0.15) is 0 Å². The predicted octanol–water partition coefficient (Wildman–Crippen LogP) is 2.90. The van der Waals surface area contributed by atoms with Crippen molar-refractivity contribution in [3.63, 3.8) is 0 Å². The second-order valence-electron chi connectivity index (χ2n) is 3.25. The molecule has 0 aliphatic carbocycles. The summed E-state index contributed by atoms with van der Waals surface area (Å²) in [5.41, 5.74) is 1.00. The molecule has 0 atom stereocenters. The normalized spacial score (nSPS) is 10.0. The standard InChI is InChI=1S/C12H16O2S/c1-3-8-15-11-6-4-10(5-7-11)9-12(13)14-2/h4-7H,3,8-9H2,1-2H3. The molecule has 0 aromatic heterocycles. The summed E-state index contributed by atoms with van der Waals surface area (Å²) in [6, 6.07) is 8.07. The van der Waals surface area contributed by atoms with Crippen LogP contribution in [0.1, 0.15) is 18.9 Å². The van der Waals surface area contributed by atoms with Gasteiger partial charge >= 0.3 is 5.97 Å². The van der Waals surface area contributed by atoms with Gasteiger partial charge in [0.05, 0.1) is 13.5 Å². The fraction of sp³-hybridized carbons (Fsp3) is 0.417. The number of ether oxygens (including phenoxy) is 1. The predicted molar refractivity (Wildman–Crippen MR) is 63.2 cm³/mol. The first kappa shape index (κ1) is 12.1. The maximum Gasteiger partial charge on any atom is 0.309 e. The van der Waals surface area contributed by atoms with E-state index in [-0.39, 0.29) is 5.97 Å². The van der Waals surface area contributed by atoms with E-state index < -0.39 is 0 Å². The lowest BCUT2D eigenvalue weighted by Gasteiger charge is -2.02. The van der Waals surface area contributed by atoms with E-state index in [0.29, 0.717) is 6.42 Å². The van der Waals surface area contributed by atoms with Crippen LogP contribution < -0.4 is 0 Å². The highest BCUT2D eigenvalue weighted by molar-refractivity contribution is 7.99. The minimum atomic E-state index is -0.191. The molecule has 1 aromatic carbocycles. The summed E-state index contributed by atoms with van der Waals surface area (Å²) in [5.74, 6) is 0.944. The lowest BCUT2D eigenvalue weighted by molar-refractivity contribution is -0.139. The molecule has 0 bridgehead atoms. The highest BCUT2D eigenvalue weighted by Gasteiger charge is 2.02. The van der Waals surface area contributed by atoms with Crippen LogP contribution in [0.5, 0.6) is 0 Å². The Hall–Kier alpha value is -0.960. The first-order valence-electron chi connectivity index (χ1n) is 5.04. The second kappa shape index (κ2) is 6.51. The summed E-state index contributed by atoms with van der Waals surface area (Å²) in [5, 5.41) is 0. The summed E-state index contributed by atoms with van der Waals surface area (Å²) in [6.07, 6.45) is 1.53. The molecule has 0 fully saturated rings. The van der Waals surface area contributed by atoms with Crippen molar-refractivity contribution < 1.29 is 9.53 Å². The molecule has 0 unspecified atom stereocenters. The average Bonchev–Trinajstić information content (AvgIpc) is 2.28. The van der Waals surface area contributed by atoms with Crippen LogP contribution in [-0.4, -0.2) is 18.8 Å². The third kappa shape index (κ3) is 4.38. The third-order valence-corrected chi connectivity index (χ3v) is 3.19. The SMILES string of the molecule is CCCSc1ccc(CC(=O)OC)cc1. The number of carbonyl (C=O) groups excluding carboxylic acids is 1. The Morgan fingerprint density at radius 3 is 2.53 bits per heavy atom. The van der Waals surface area contributed by atoms with Gasteiger partial charge in [-0.05, 0) is 29.9 Å². The van der Waals surface area contributed by atoms with Crippen LogP contribution in [0.25, 0.3) is 0 Å². The Balaban J connectivity index is 2.52. The van der Waals surface area contributed by atoms with Crippen LogP contribution in [0, 0.1) is 0 Å². The number of hydrogen-bond acceptors (Lipinski definition) is 3. The Morgan fingerprint density at radius 2 is 2.00 bits per heavy atom. The van der Waals surface area contributed by atoms with Gasteiger partial charge in [0.2, 0.25) is 0 Å². The topological polar surface area (TPSA) is 26.3 Å². The van der Waals surface area contributed by atoms with Crippen molar-refractivity contribution in [2.24, 2.45) is 0 Å². The van der Waals surface area contributed by atoms with Gasteiger partial charge in [-0.15, -0.1) is 11.8 Å². The Labute approximate surface area is 95.0 Å². The smallest absolute Gasteiger partial charge is 0.309 e. The Bertz CT molecular complexity index is 306. The van der Waals surface area contributed by atoms with Gasteiger partial charge in [-0.1, -0.05) is 19.1 Å². The van der Waals surface area contributed by atoms with E-state index in [2.05, 4.69) is 23.8 Å². The molecule has 0 heterocycles. The number of hydrogen-bond donors (Lipinski definition) is 0. The summed E-state index contributed by atoms with van der Waals surface area (Å²) in [6.45, 7) is 2.17. The van der Waals surface area contributed by atoms with E-state index in [0.717, 1.165) is 11.3 Å². The van der Waals surface area contributed by atoms with Crippen molar-refractivity contribution in [2.75, 3.05) is 12.9 Å². The number of methoxy groups -OCH3 is 1. The Kier molecular flexibility index (Phi) is 5.26. The van der Waals surface area contributed by atoms with Crippen molar-refractivity contribution in [1.82, 2.24) is 0 Å². The van der Waals surface area contributed by atoms with Gasteiger partial charge in [-0.2, -0.15) is 0 Å². The van der Waals surface area contributed by atoms with Gasteiger partial charge in [0.25, 0.3) is 0 Å². The Morgan fingerprint density at radius 1 is 1.33 bits per heavy atom. The first-order chi connectivity index (χ1) is 7.26. The fourth-order valence-corrected chi connectivity index (χ4v) is 1.93. The van der Waals surface area contributed by atoms with Crippen LogP contribution in [0.3, 0.4) is 0 Å². The molecular formula is C12H16O2S. The minimum absolute atomic E-state index is 0.191. The van der Waals surface area contributed by atoms with Gasteiger partial charge in [-0.3, -0.25) is 4.79 Å². The second-order valence-corrected chi connectivity index (χ2v) is 4.41. The third-order valence-electron chi connectivity index (χ3n) is 1.97. The van der Waals surface area contributed by atoms with Crippen LogP contribution in [0.2, 0.25) is 0 Å². The van der Waals surface area contributed by atoms with Crippen LogP contribution >= 0.6 is 11.8 Å². The zero-order valence-electron chi connectivity index (χ0n) is 9.16. The highest BCUT2D eigenvalue weighted by atomic mass is 32.2. The quantitative estimate of drug-likeness (QED) is 0.568. The number of esters is 1. The molecule has 3 heteroatoms. The van der Waals surface area contributed by atoms with Crippen molar-refractivity contribution in [2.45, 2.75) is 24.7 Å². The number of rotatable bonds is 5. The maximum atomic E-state index is 11.0. The molecule has 0 amide bonds. The molecule has 15 heavy (non-hydrogen) atoms. The van der Waals surface area contributed by atoms with E-state index >= 15 is 0 Å². The van der Waals surface area contributed by atoms with Crippen molar-refractivity contribution in [3.8, 4) is 0 Å². The average molecular weight is 224 g/mol. The number of benzene rings is 1. The molecule has 2 nitrogen and oxygen atoms in total. The lowest BCUT2D eigenvalue weighted by Crippen LogP contribution is -2.03. The largest absolute Gasteiger partial charge is 0.469 e. The summed E-state index contributed by atoms with van der Waals surface area (Å²) in [4.78, 5) is 12.3. The van der Waals surface area contributed by atoms with E-state index in [9.17, 15) is 4.79 Å². The van der Waals surface area contributed by atoms with Gasteiger partial charge < -0.3 is 4.74 Å². The zero-order chi connectivity index (χ0) is 11.1. The van der Waals surface area contributed by atoms with Crippen LogP contribution in [-0.2, 0) is 16.0 Å². The minimum Gasteiger partial charge on any atom is -0.469 e. The highest BCUT2D eigenvalue weighted by Crippen LogP contribution is 2.19. The molecule has 0 spiro atoms. The first-order valence-corrected chi connectivity index (χ1v) is 6.03. The van der Waals surface area contributed by atoms with E-state index in [1.165, 1.54) is 18.4 Å². The van der Waals surface area contributed by atoms with Crippen molar-refractivity contribution >= 4 is 17.7 Å². The van der Waals surface area contributed by atoms with Crippen LogP contribution in [0.15, 0.2) is 29.2 Å².